The summed E-state index contributed by atoms with van der Waals surface area (Å²) in [5, 5.41) is 0.846. The molecule has 0 amide bonds. The van der Waals surface area contributed by atoms with Crippen LogP contribution in [0.4, 0.5) is 5.82 Å². The molecular formula is C11H14N4Si. The minimum atomic E-state index is -1.40. The van der Waals surface area contributed by atoms with Crippen LogP contribution in [0.1, 0.15) is 5.82 Å². The van der Waals surface area contributed by atoms with E-state index in [2.05, 4.69) is 46.1 Å². The van der Waals surface area contributed by atoms with Crippen molar-refractivity contribution < 1.29 is 0 Å². The molecule has 0 spiro atoms. The predicted octanol–water partition coefficient (Wildman–Crippen LogP) is 1.77. The zero-order valence-electron chi connectivity index (χ0n) is 9.63. The minimum absolute atomic E-state index is 0.478. The van der Waals surface area contributed by atoms with Crippen LogP contribution in [0.3, 0.4) is 0 Å². The lowest BCUT2D eigenvalue weighted by Gasteiger charge is -2.03. The number of nitrogens with one attached hydrogen (secondary N) is 1. The molecule has 5 heteroatoms. The van der Waals surface area contributed by atoms with Gasteiger partial charge in [-0.3, -0.25) is 0 Å². The summed E-state index contributed by atoms with van der Waals surface area (Å²) < 4.78 is 0. The van der Waals surface area contributed by atoms with Crippen molar-refractivity contribution in [1.82, 2.24) is 15.0 Å². The van der Waals surface area contributed by atoms with E-state index in [-0.39, 0.29) is 0 Å². The number of hydrogen-bond donors (Lipinski definition) is 2. The molecule has 2 aromatic rings. The molecule has 0 fully saturated rings. The standard InChI is InChI=1S/C11H14N4Si/c1-16(2,3)7-5-9-14-10(12)8-4-6-13-11(8)15-9/h4,6H,1-3H3,(H3,12,13,14,15). The number of aromatic amines is 1. The molecular weight excluding hydrogens is 216 g/mol. The summed E-state index contributed by atoms with van der Waals surface area (Å²) in [6.45, 7) is 6.53. The molecule has 0 saturated heterocycles. The van der Waals surface area contributed by atoms with Crippen LogP contribution in [0.2, 0.25) is 19.6 Å². The molecule has 0 aromatic carbocycles. The maximum atomic E-state index is 5.81. The summed E-state index contributed by atoms with van der Waals surface area (Å²) >= 11 is 0. The van der Waals surface area contributed by atoms with Crippen molar-refractivity contribution in [2.45, 2.75) is 19.6 Å². The van der Waals surface area contributed by atoms with E-state index in [4.69, 9.17) is 5.73 Å². The zero-order chi connectivity index (χ0) is 11.8. The molecule has 0 bridgehead atoms. The number of nitrogens with zero attached hydrogens (tertiary/aromatic N) is 2. The van der Waals surface area contributed by atoms with Crippen LogP contribution in [0.25, 0.3) is 11.0 Å². The van der Waals surface area contributed by atoms with Crippen molar-refractivity contribution in [2.24, 2.45) is 0 Å². The Morgan fingerprint density at radius 3 is 2.75 bits per heavy atom. The van der Waals surface area contributed by atoms with Crippen LogP contribution < -0.4 is 5.73 Å². The van der Waals surface area contributed by atoms with Crippen molar-refractivity contribution in [1.29, 1.82) is 0 Å². The van der Waals surface area contributed by atoms with Gasteiger partial charge in [0.25, 0.3) is 0 Å². The molecule has 0 saturated carbocycles. The van der Waals surface area contributed by atoms with Gasteiger partial charge >= 0.3 is 0 Å². The molecule has 2 heterocycles. The summed E-state index contributed by atoms with van der Waals surface area (Å²) in [5.41, 5.74) is 9.77. The van der Waals surface area contributed by atoms with Gasteiger partial charge in [-0.15, -0.1) is 5.54 Å². The van der Waals surface area contributed by atoms with Gasteiger partial charge in [-0.1, -0.05) is 19.6 Å². The molecule has 0 atom stereocenters. The molecule has 0 unspecified atom stereocenters. The molecule has 2 aromatic heterocycles. The molecule has 0 radical (unpaired) electrons. The molecule has 0 aliphatic heterocycles. The minimum Gasteiger partial charge on any atom is -0.383 e. The highest BCUT2D eigenvalue weighted by Gasteiger charge is 2.09. The topological polar surface area (TPSA) is 67.6 Å². The first-order chi connectivity index (χ1) is 7.46. The van der Waals surface area contributed by atoms with Crippen LogP contribution in [0.5, 0.6) is 0 Å². The highest BCUT2D eigenvalue weighted by Crippen LogP contribution is 2.15. The van der Waals surface area contributed by atoms with E-state index in [1.165, 1.54) is 0 Å². The third-order valence-corrected chi connectivity index (χ3v) is 2.87. The third-order valence-electron chi connectivity index (χ3n) is 1.99. The highest BCUT2D eigenvalue weighted by atomic mass is 28.3. The van der Waals surface area contributed by atoms with Gasteiger partial charge in [-0.05, 0) is 12.0 Å². The fourth-order valence-corrected chi connectivity index (χ4v) is 1.75. The van der Waals surface area contributed by atoms with E-state index in [9.17, 15) is 0 Å². The fourth-order valence-electron chi connectivity index (χ4n) is 1.26. The smallest absolute Gasteiger partial charge is 0.208 e. The first kappa shape index (κ1) is 10.7. The molecule has 0 aliphatic rings. The molecule has 3 N–H and O–H groups in total. The van der Waals surface area contributed by atoms with Crippen molar-refractivity contribution in [2.75, 3.05) is 5.73 Å². The van der Waals surface area contributed by atoms with E-state index in [1.54, 1.807) is 6.20 Å². The molecule has 0 aliphatic carbocycles. The zero-order valence-corrected chi connectivity index (χ0v) is 10.6. The lowest BCUT2D eigenvalue weighted by atomic mass is 10.4. The van der Waals surface area contributed by atoms with E-state index < -0.39 is 8.07 Å². The maximum Gasteiger partial charge on any atom is 0.208 e. The van der Waals surface area contributed by atoms with Crippen molar-refractivity contribution in [3.05, 3.63) is 18.1 Å². The maximum absolute atomic E-state index is 5.81. The number of hydrogen-bond acceptors (Lipinski definition) is 3. The molecule has 16 heavy (non-hydrogen) atoms. The van der Waals surface area contributed by atoms with Gasteiger partial charge in [0.15, 0.2) is 0 Å². The Bertz CT molecular complexity index is 583. The Morgan fingerprint density at radius 2 is 2.06 bits per heavy atom. The Balaban J connectivity index is 2.49. The summed E-state index contributed by atoms with van der Waals surface area (Å²) in [6, 6.07) is 1.86. The van der Waals surface area contributed by atoms with Gasteiger partial charge in [0, 0.05) is 6.20 Å². The first-order valence-electron chi connectivity index (χ1n) is 5.09. The van der Waals surface area contributed by atoms with Gasteiger partial charge in [-0.2, -0.15) is 0 Å². The second kappa shape index (κ2) is 3.65. The lowest BCUT2D eigenvalue weighted by Crippen LogP contribution is -2.16. The fraction of sp³-hybridized carbons (Fsp3) is 0.273. The number of nitrogens with two attached hydrogens (primary N) is 1. The third kappa shape index (κ3) is 2.23. The summed E-state index contributed by atoms with van der Waals surface area (Å²) in [6.07, 6.45) is 1.80. The van der Waals surface area contributed by atoms with E-state index in [0.717, 1.165) is 11.0 Å². The van der Waals surface area contributed by atoms with E-state index in [0.29, 0.717) is 11.6 Å². The van der Waals surface area contributed by atoms with Crippen LogP contribution in [0.15, 0.2) is 12.3 Å². The normalized spacial score (nSPS) is 11.2. The Labute approximate surface area is 95.3 Å². The molecule has 82 valence electrons. The van der Waals surface area contributed by atoms with Crippen LogP contribution in [-0.4, -0.2) is 23.0 Å². The second-order valence-corrected chi connectivity index (χ2v) is 9.42. The summed E-state index contributed by atoms with van der Waals surface area (Å²) in [4.78, 5) is 11.5. The summed E-state index contributed by atoms with van der Waals surface area (Å²) in [5.74, 6) is 3.97. The Hall–Kier alpha value is -1.80. The largest absolute Gasteiger partial charge is 0.383 e. The van der Waals surface area contributed by atoms with Gasteiger partial charge in [-0.25, -0.2) is 9.97 Å². The number of fused-ring (bicyclic) bond motifs is 1. The van der Waals surface area contributed by atoms with Crippen LogP contribution >= 0.6 is 0 Å². The lowest BCUT2D eigenvalue weighted by molar-refractivity contribution is 1.17. The van der Waals surface area contributed by atoms with Gasteiger partial charge < -0.3 is 10.7 Å². The first-order valence-corrected chi connectivity index (χ1v) is 8.59. The predicted molar refractivity (Wildman–Crippen MR) is 68.5 cm³/mol. The Kier molecular flexibility index (Phi) is 2.44. The van der Waals surface area contributed by atoms with Gasteiger partial charge in [0.05, 0.1) is 5.39 Å². The molecule has 4 nitrogen and oxygen atoms in total. The number of H-pyrrole nitrogens is 1. The van der Waals surface area contributed by atoms with Crippen LogP contribution in [-0.2, 0) is 0 Å². The van der Waals surface area contributed by atoms with E-state index >= 15 is 0 Å². The van der Waals surface area contributed by atoms with E-state index in [1.807, 2.05) is 6.07 Å². The summed E-state index contributed by atoms with van der Waals surface area (Å²) in [7, 11) is -1.40. The van der Waals surface area contributed by atoms with Crippen molar-refractivity contribution in [3.8, 4) is 11.5 Å². The van der Waals surface area contributed by atoms with Gasteiger partial charge in [0.1, 0.15) is 19.5 Å². The quantitative estimate of drug-likeness (QED) is 0.535. The average molecular weight is 230 g/mol. The molecule has 2 rings (SSSR count). The van der Waals surface area contributed by atoms with Crippen molar-refractivity contribution >= 4 is 24.9 Å². The Morgan fingerprint density at radius 1 is 1.31 bits per heavy atom. The SMILES string of the molecule is C[Si](C)(C)C#Cc1nc(N)c2cc[nH]c2n1. The monoisotopic (exact) mass is 230 g/mol. The number of rotatable bonds is 0. The number of nitrogen functional groups attached to an aromatic ring is 1. The van der Waals surface area contributed by atoms with Crippen molar-refractivity contribution in [3.63, 3.8) is 0 Å². The van der Waals surface area contributed by atoms with Crippen LogP contribution in [0, 0.1) is 11.5 Å². The number of anilines is 1. The number of aromatic nitrogens is 3. The highest BCUT2D eigenvalue weighted by molar-refractivity contribution is 6.83. The second-order valence-electron chi connectivity index (χ2n) is 4.67. The average Bonchev–Trinajstić information content (AvgIpc) is 2.62. The van der Waals surface area contributed by atoms with Gasteiger partial charge in [0.2, 0.25) is 5.82 Å².